The lowest BCUT2D eigenvalue weighted by molar-refractivity contribution is -0.154. The summed E-state index contributed by atoms with van der Waals surface area (Å²) in [6.07, 6.45) is -0.323. The van der Waals surface area contributed by atoms with E-state index in [1.54, 1.807) is 16.8 Å². The molecule has 182 valence electrons. The molecule has 0 unspecified atom stereocenters. The second-order valence-corrected chi connectivity index (χ2v) is 9.11. The van der Waals surface area contributed by atoms with Gasteiger partial charge in [-0.2, -0.15) is 23.3 Å². The highest BCUT2D eigenvalue weighted by Gasteiger charge is 2.29. The Hall–Kier alpha value is -4.14. The first-order valence-corrected chi connectivity index (χ1v) is 11.6. The number of alkyl halides is 3. The van der Waals surface area contributed by atoms with Crippen molar-refractivity contribution in [1.29, 1.82) is 0 Å². The van der Waals surface area contributed by atoms with E-state index >= 15 is 0 Å². The Labute approximate surface area is 203 Å². The van der Waals surface area contributed by atoms with E-state index < -0.39 is 12.8 Å². The van der Waals surface area contributed by atoms with Crippen LogP contribution in [0.3, 0.4) is 0 Å². The Balaban J connectivity index is 1.54. The van der Waals surface area contributed by atoms with E-state index in [9.17, 15) is 18.0 Å². The van der Waals surface area contributed by atoms with Crippen molar-refractivity contribution in [2.75, 3.05) is 6.61 Å². The molecule has 6 rings (SSSR count). The number of nitrogens with zero attached hydrogens (tertiary/aromatic N) is 4. The highest BCUT2D eigenvalue weighted by molar-refractivity contribution is 5.88. The summed E-state index contributed by atoms with van der Waals surface area (Å²) in [5, 5.41) is 5.88. The minimum Gasteiger partial charge on any atom is -0.468 e. The molecule has 1 fully saturated rings. The van der Waals surface area contributed by atoms with E-state index in [4.69, 9.17) is 4.74 Å². The lowest BCUT2D eigenvalue weighted by Crippen LogP contribution is -2.22. The quantitative estimate of drug-likeness (QED) is 0.314. The Morgan fingerprint density at radius 1 is 1.00 bits per heavy atom. The third-order valence-corrected chi connectivity index (χ3v) is 6.34. The summed E-state index contributed by atoms with van der Waals surface area (Å²) < 4.78 is 46.2. The van der Waals surface area contributed by atoms with E-state index in [1.807, 2.05) is 55.7 Å². The first-order valence-electron chi connectivity index (χ1n) is 11.6. The number of ether oxygens (including phenoxy) is 1. The second-order valence-electron chi connectivity index (χ2n) is 9.11. The third kappa shape index (κ3) is 4.21. The third-order valence-electron chi connectivity index (χ3n) is 6.34. The minimum atomic E-state index is -4.50. The van der Waals surface area contributed by atoms with Gasteiger partial charge in [0.15, 0.2) is 12.3 Å². The van der Waals surface area contributed by atoms with E-state index in [2.05, 4.69) is 10.1 Å². The van der Waals surface area contributed by atoms with Gasteiger partial charge in [-0.1, -0.05) is 18.2 Å². The van der Waals surface area contributed by atoms with Gasteiger partial charge in [0, 0.05) is 35.6 Å². The zero-order valence-corrected chi connectivity index (χ0v) is 19.3. The number of hydrogen-bond donors (Lipinski definition) is 0. The fourth-order valence-electron chi connectivity index (χ4n) is 4.48. The number of hydrogen-bond acceptors (Lipinski definition) is 4. The van der Waals surface area contributed by atoms with Crippen LogP contribution in [-0.2, 0) is 7.05 Å². The molecule has 3 aromatic heterocycles. The Kier molecular flexibility index (Phi) is 5.10. The molecule has 0 spiro atoms. The van der Waals surface area contributed by atoms with Gasteiger partial charge in [-0.25, -0.2) is 0 Å². The summed E-state index contributed by atoms with van der Waals surface area (Å²) in [5.41, 5.74) is 3.66. The number of aromatic nitrogens is 4. The monoisotopic (exact) mass is 490 g/mol. The largest absolute Gasteiger partial charge is 0.468 e. The predicted molar refractivity (Wildman–Crippen MR) is 131 cm³/mol. The predicted octanol–water partition coefficient (Wildman–Crippen LogP) is 5.76. The molecular weight excluding hydrogens is 469 g/mol. The van der Waals surface area contributed by atoms with E-state index in [1.165, 1.54) is 16.2 Å². The Bertz CT molecular complexity index is 1670. The molecule has 0 amide bonds. The molecule has 0 N–H and O–H groups in total. The summed E-state index contributed by atoms with van der Waals surface area (Å²) in [6.45, 7) is -1.46. The van der Waals surface area contributed by atoms with Crippen LogP contribution >= 0.6 is 0 Å². The number of pyridine rings is 2. The van der Waals surface area contributed by atoms with E-state index in [-0.39, 0.29) is 17.1 Å². The van der Waals surface area contributed by atoms with Crippen LogP contribution in [0.25, 0.3) is 38.8 Å². The molecule has 0 atom stereocenters. The van der Waals surface area contributed by atoms with Crippen LogP contribution in [0, 0.1) is 0 Å². The molecule has 0 radical (unpaired) electrons. The van der Waals surface area contributed by atoms with Crippen LogP contribution in [0.1, 0.15) is 24.3 Å². The van der Waals surface area contributed by atoms with Gasteiger partial charge in [-0.3, -0.25) is 14.0 Å². The number of rotatable bonds is 5. The maximum atomic E-state index is 13.9. The molecule has 3 heterocycles. The summed E-state index contributed by atoms with van der Waals surface area (Å²) in [6, 6.07) is 18.0. The Morgan fingerprint density at radius 2 is 1.78 bits per heavy atom. The Morgan fingerprint density at radius 3 is 2.50 bits per heavy atom. The summed E-state index contributed by atoms with van der Waals surface area (Å²) in [4.78, 5) is 18.2. The van der Waals surface area contributed by atoms with Crippen LogP contribution in [0.5, 0.6) is 5.88 Å². The SMILES string of the molecule is Cn1cc2cc(-c3cc4ccc(OCC(F)(F)F)nc4n(-c4ccc(C5CC5)cc4)c3=O)ccc2n1. The maximum absolute atomic E-state index is 13.9. The van der Waals surface area contributed by atoms with Crippen molar-refractivity contribution < 1.29 is 17.9 Å². The minimum absolute atomic E-state index is 0.202. The second kappa shape index (κ2) is 8.22. The molecule has 2 aromatic carbocycles. The normalized spacial score (nSPS) is 14.0. The molecular formula is C27H21F3N4O2. The van der Waals surface area contributed by atoms with Gasteiger partial charge in [0.05, 0.1) is 11.2 Å². The van der Waals surface area contributed by atoms with Crippen molar-refractivity contribution in [2.24, 2.45) is 7.05 Å². The van der Waals surface area contributed by atoms with Crippen LogP contribution < -0.4 is 10.3 Å². The molecule has 0 aliphatic heterocycles. The van der Waals surface area contributed by atoms with Crippen molar-refractivity contribution >= 4 is 21.9 Å². The summed E-state index contributed by atoms with van der Waals surface area (Å²) in [7, 11) is 1.83. The van der Waals surface area contributed by atoms with Crippen molar-refractivity contribution in [3.8, 4) is 22.7 Å². The zero-order chi connectivity index (χ0) is 25.0. The molecule has 0 bridgehead atoms. The number of fused-ring (bicyclic) bond motifs is 2. The number of aryl methyl sites for hydroxylation is 1. The molecule has 1 aliphatic carbocycles. The van der Waals surface area contributed by atoms with Gasteiger partial charge < -0.3 is 4.74 Å². The molecule has 1 saturated carbocycles. The highest BCUT2D eigenvalue weighted by atomic mass is 19.4. The molecule has 6 nitrogen and oxygen atoms in total. The molecule has 9 heteroatoms. The smallest absolute Gasteiger partial charge is 0.422 e. The lowest BCUT2D eigenvalue weighted by atomic mass is 10.0. The summed E-state index contributed by atoms with van der Waals surface area (Å²) in [5.74, 6) is 0.345. The molecule has 1 aliphatic rings. The van der Waals surface area contributed by atoms with Gasteiger partial charge in [-0.15, -0.1) is 0 Å². The van der Waals surface area contributed by atoms with Gasteiger partial charge in [-0.05, 0) is 66.3 Å². The van der Waals surface area contributed by atoms with Crippen LogP contribution in [0.4, 0.5) is 13.2 Å². The van der Waals surface area contributed by atoms with Gasteiger partial charge in [0.2, 0.25) is 5.88 Å². The van der Waals surface area contributed by atoms with Gasteiger partial charge in [0.1, 0.15) is 0 Å². The zero-order valence-electron chi connectivity index (χ0n) is 19.3. The van der Waals surface area contributed by atoms with Crippen molar-refractivity contribution in [2.45, 2.75) is 24.9 Å². The van der Waals surface area contributed by atoms with Crippen LogP contribution in [0.2, 0.25) is 0 Å². The number of benzene rings is 2. The fraction of sp³-hybridized carbons (Fsp3) is 0.222. The highest BCUT2D eigenvalue weighted by Crippen LogP contribution is 2.40. The van der Waals surface area contributed by atoms with E-state index in [0.717, 1.165) is 23.7 Å². The number of halogens is 3. The average Bonchev–Trinajstić information content (AvgIpc) is 3.62. The van der Waals surface area contributed by atoms with Gasteiger partial charge >= 0.3 is 6.18 Å². The first-order chi connectivity index (χ1) is 17.2. The van der Waals surface area contributed by atoms with Crippen molar-refractivity contribution in [1.82, 2.24) is 19.3 Å². The van der Waals surface area contributed by atoms with Crippen molar-refractivity contribution in [3.63, 3.8) is 0 Å². The lowest BCUT2D eigenvalue weighted by Gasteiger charge is -2.15. The first kappa shape index (κ1) is 22.3. The maximum Gasteiger partial charge on any atom is 0.422 e. The molecule has 5 aromatic rings. The van der Waals surface area contributed by atoms with Gasteiger partial charge in [0.25, 0.3) is 5.56 Å². The fourth-order valence-corrected chi connectivity index (χ4v) is 4.48. The van der Waals surface area contributed by atoms with Crippen LogP contribution in [0.15, 0.2) is 71.7 Å². The van der Waals surface area contributed by atoms with Crippen molar-refractivity contribution in [3.05, 3.63) is 82.8 Å². The molecule has 0 saturated heterocycles. The molecule has 36 heavy (non-hydrogen) atoms. The standard InChI is InChI=1S/C27H21F3N4O2/c1-33-14-20-12-18(6-10-23(20)32-33)22-13-19-7-11-24(36-15-27(28,29)30)31-25(19)34(26(22)35)21-8-4-17(5-9-21)16-2-3-16/h4-14,16H,2-3,15H2,1H3. The van der Waals surface area contributed by atoms with Crippen LogP contribution in [-0.4, -0.2) is 32.1 Å². The average molecular weight is 490 g/mol. The topological polar surface area (TPSA) is 61.9 Å². The summed E-state index contributed by atoms with van der Waals surface area (Å²) >= 11 is 0. The van der Waals surface area contributed by atoms with E-state index in [0.29, 0.717) is 28.1 Å².